The molecular formula is C6H9Cl. The fourth-order valence-electron chi connectivity index (χ4n) is 0.824. The highest BCUT2D eigenvalue weighted by Gasteiger charge is 2.05. The van der Waals surface area contributed by atoms with Gasteiger partial charge in [0.05, 0.1) is 0 Å². The van der Waals surface area contributed by atoms with Crippen molar-refractivity contribution in [2.24, 2.45) is 5.92 Å². The fourth-order valence-corrected chi connectivity index (χ4v) is 1.08. The molecule has 0 spiro atoms. The van der Waals surface area contributed by atoms with Crippen LogP contribution in [0.4, 0.5) is 0 Å². The zero-order chi connectivity index (χ0) is 5.11. The van der Waals surface area contributed by atoms with Crippen LogP contribution in [-0.4, -0.2) is 5.88 Å². The summed E-state index contributed by atoms with van der Waals surface area (Å²) in [6, 6.07) is 0. The summed E-state index contributed by atoms with van der Waals surface area (Å²) in [7, 11) is 0. The minimum absolute atomic E-state index is 0.682. The second kappa shape index (κ2) is 2.37. The molecule has 0 heterocycles. The second-order valence-electron chi connectivity index (χ2n) is 1.92. The maximum absolute atomic E-state index is 5.56. The van der Waals surface area contributed by atoms with Gasteiger partial charge < -0.3 is 0 Å². The first-order chi connectivity index (χ1) is 3.43. The number of alkyl halides is 1. The number of allylic oxidation sites excluding steroid dienone is 2. The summed E-state index contributed by atoms with van der Waals surface area (Å²) in [5.41, 5.74) is 0. The Bertz CT molecular complexity index is 76.2. The maximum atomic E-state index is 5.56. The van der Waals surface area contributed by atoms with Crippen LogP contribution in [0, 0.1) is 5.92 Å². The fraction of sp³-hybridized carbons (Fsp3) is 0.667. The molecule has 1 rings (SSSR count). The van der Waals surface area contributed by atoms with Gasteiger partial charge in [-0.1, -0.05) is 12.2 Å². The van der Waals surface area contributed by atoms with Gasteiger partial charge in [-0.05, 0) is 18.8 Å². The third-order valence-electron chi connectivity index (χ3n) is 1.31. The molecule has 40 valence electrons. The van der Waals surface area contributed by atoms with Gasteiger partial charge in [-0.15, -0.1) is 11.6 Å². The van der Waals surface area contributed by atoms with E-state index in [-0.39, 0.29) is 0 Å². The summed E-state index contributed by atoms with van der Waals surface area (Å²) in [5.74, 6) is 1.48. The minimum Gasteiger partial charge on any atom is -0.126 e. The molecule has 0 radical (unpaired) electrons. The molecule has 0 aromatic rings. The van der Waals surface area contributed by atoms with E-state index in [1.807, 2.05) is 0 Å². The Kier molecular flexibility index (Phi) is 1.75. The van der Waals surface area contributed by atoms with Gasteiger partial charge >= 0.3 is 0 Å². The summed E-state index contributed by atoms with van der Waals surface area (Å²) >= 11 is 5.56. The average molecular weight is 117 g/mol. The Labute approximate surface area is 49.2 Å². The summed E-state index contributed by atoms with van der Waals surface area (Å²) in [5, 5.41) is 0. The maximum Gasteiger partial charge on any atom is 0.0286 e. The zero-order valence-corrected chi connectivity index (χ0v) is 4.99. The molecule has 0 aliphatic heterocycles. The zero-order valence-electron chi connectivity index (χ0n) is 4.23. The number of halogens is 1. The van der Waals surface area contributed by atoms with Gasteiger partial charge in [0.2, 0.25) is 0 Å². The van der Waals surface area contributed by atoms with Gasteiger partial charge in [-0.2, -0.15) is 0 Å². The van der Waals surface area contributed by atoms with Crippen molar-refractivity contribution < 1.29 is 0 Å². The third kappa shape index (κ3) is 1.20. The van der Waals surface area contributed by atoms with E-state index in [9.17, 15) is 0 Å². The molecule has 1 aliphatic carbocycles. The SMILES string of the molecule is ClCC1C=CCC1. The van der Waals surface area contributed by atoms with E-state index in [0.717, 1.165) is 5.88 Å². The standard InChI is InChI=1S/C6H9Cl/c7-5-6-3-1-2-4-6/h1,3,6H,2,4-5H2. The molecule has 7 heavy (non-hydrogen) atoms. The van der Waals surface area contributed by atoms with Gasteiger partial charge in [0.15, 0.2) is 0 Å². The molecule has 1 unspecified atom stereocenters. The van der Waals surface area contributed by atoms with E-state index in [2.05, 4.69) is 12.2 Å². The van der Waals surface area contributed by atoms with Crippen molar-refractivity contribution in [3.8, 4) is 0 Å². The molecule has 0 bridgehead atoms. The largest absolute Gasteiger partial charge is 0.126 e. The normalized spacial score (nSPS) is 29.0. The summed E-state index contributed by atoms with van der Waals surface area (Å²) in [6.07, 6.45) is 6.90. The van der Waals surface area contributed by atoms with Crippen LogP contribution in [0.5, 0.6) is 0 Å². The second-order valence-corrected chi connectivity index (χ2v) is 2.23. The van der Waals surface area contributed by atoms with E-state index >= 15 is 0 Å². The van der Waals surface area contributed by atoms with Crippen LogP contribution < -0.4 is 0 Å². The van der Waals surface area contributed by atoms with Gasteiger partial charge in [0.25, 0.3) is 0 Å². The van der Waals surface area contributed by atoms with E-state index < -0.39 is 0 Å². The lowest BCUT2D eigenvalue weighted by molar-refractivity contribution is 0.708. The molecule has 0 nitrogen and oxygen atoms in total. The quantitative estimate of drug-likeness (QED) is 0.364. The molecule has 1 heteroatoms. The molecule has 0 saturated heterocycles. The van der Waals surface area contributed by atoms with Crippen LogP contribution in [0.3, 0.4) is 0 Å². The molecular weight excluding hydrogens is 108 g/mol. The first-order valence-electron chi connectivity index (χ1n) is 2.66. The number of hydrogen-bond acceptors (Lipinski definition) is 0. The smallest absolute Gasteiger partial charge is 0.0286 e. The van der Waals surface area contributed by atoms with Crippen molar-refractivity contribution in [3.05, 3.63) is 12.2 Å². The molecule has 0 fully saturated rings. The van der Waals surface area contributed by atoms with Crippen molar-refractivity contribution in [1.29, 1.82) is 0 Å². The van der Waals surface area contributed by atoms with Gasteiger partial charge in [0, 0.05) is 5.88 Å². The Balaban J connectivity index is 2.28. The van der Waals surface area contributed by atoms with Gasteiger partial charge in [0.1, 0.15) is 0 Å². The van der Waals surface area contributed by atoms with Crippen molar-refractivity contribution in [3.63, 3.8) is 0 Å². The van der Waals surface area contributed by atoms with E-state index in [0.29, 0.717) is 5.92 Å². The topological polar surface area (TPSA) is 0 Å². The van der Waals surface area contributed by atoms with E-state index in [1.54, 1.807) is 0 Å². The predicted molar refractivity (Wildman–Crippen MR) is 32.6 cm³/mol. The molecule has 1 aliphatic rings. The molecule has 1 atom stereocenters. The molecule has 0 aromatic carbocycles. The van der Waals surface area contributed by atoms with Crippen LogP contribution in [0.1, 0.15) is 12.8 Å². The van der Waals surface area contributed by atoms with Crippen LogP contribution in [-0.2, 0) is 0 Å². The number of rotatable bonds is 1. The van der Waals surface area contributed by atoms with E-state index in [1.165, 1.54) is 12.8 Å². The van der Waals surface area contributed by atoms with E-state index in [4.69, 9.17) is 11.6 Å². The first kappa shape index (κ1) is 5.17. The lowest BCUT2D eigenvalue weighted by Gasteiger charge is -1.96. The Hall–Kier alpha value is 0.0300. The highest BCUT2D eigenvalue weighted by atomic mass is 35.5. The third-order valence-corrected chi connectivity index (χ3v) is 1.71. The van der Waals surface area contributed by atoms with Crippen molar-refractivity contribution in [2.45, 2.75) is 12.8 Å². The Morgan fingerprint density at radius 3 is 2.86 bits per heavy atom. The first-order valence-corrected chi connectivity index (χ1v) is 3.19. The molecule has 0 N–H and O–H groups in total. The number of hydrogen-bond donors (Lipinski definition) is 0. The summed E-state index contributed by atoms with van der Waals surface area (Å²) in [6.45, 7) is 0. The van der Waals surface area contributed by atoms with Crippen molar-refractivity contribution >= 4 is 11.6 Å². The molecule has 0 amide bonds. The van der Waals surface area contributed by atoms with Crippen LogP contribution in [0.15, 0.2) is 12.2 Å². The Morgan fingerprint density at radius 2 is 2.57 bits per heavy atom. The lowest BCUT2D eigenvalue weighted by atomic mass is 10.2. The summed E-state index contributed by atoms with van der Waals surface area (Å²) < 4.78 is 0. The van der Waals surface area contributed by atoms with Crippen molar-refractivity contribution in [2.75, 3.05) is 5.88 Å². The molecule has 0 aromatic heterocycles. The van der Waals surface area contributed by atoms with Gasteiger partial charge in [-0.25, -0.2) is 0 Å². The highest BCUT2D eigenvalue weighted by molar-refractivity contribution is 6.18. The van der Waals surface area contributed by atoms with Crippen LogP contribution >= 0.6 is 11.6 Å². The van der Waals surface area contributed by atoms with Crippen molar-refractivity contribution in [1.82, 2.24) is 0 Å². The average Bonchev–Trinajstić information content (AvgIpc) is 2.14. The monoisotopic (exact) mass is 116 g/mol. The highest BCUT2D eigenvalue weighted by Crippen LogP contribution is 2.17. The summed E-state index contributed by atoms with van der Waals surface area (Å²) in [4.78, 5) is 0. The lowest BCUT2D eigenvalue weighted by Crippen LogP contribution is -1.90. The van der Waals surface area contributed by atoms with Crippen LogP contribution in [0.25, 0.3) is 0 Å². The Morgan fingerprint density at radius 1 is 1.71 bits per heavy atom. The predicted octanol–water partition coefficient (Wildman–Crippen LogP) is 2.19. The minimum atomic E-state index is 0.682. The van der Waals surface area contributed by atoms with Gasteiger partial charge in [-0.3, -0.25) is 0 Å². The van der Waals surface area contributed by atoms with Crippen LogP contribution in [0.2, 0.25) is 0 Å². The molecule has 0 saturated carbocycles.